The summed E-state index contributed by atoms with van der Waals surface area (Å²) < 4.78 is 0. The number of Topliss-reactive ketones (excluding diaryl/α,β-unsaturated/α-hetero) is 1. The topological polar surface area (TPSA) is 43.1 Å². The summed E-state index contributed by atoms with van der Waals surface area (Å²) in [7, 11) is 0. The third-order valence-corrected chi connectivity index (χ3v) is 3.34. The Kier molecular flexibility index (Phi) is 4.59. The summed E-state index contributed by atoms with van der Waals surface area (Å²) in [5.41, 5.74) is 5.65. The van der Waals surface area contributed by atoms with E-state index in [9.17, 15) is 4.79 Å². The standard InChI is InChI=1S/C12H23NO/c1-3-10-5-4-6-11(8-10)12(14)7-9(2)13/h9-11H,3-8,13H2,1-2H3. The predicted octanol–water partition coefficient (Wildman–Crippen LogP) is 2.51. The molecule has 0 bridgehead atoms. The summed E-state index contributed by atoms with van der Waals surface area (Å²) in [6.45, 7) is 4.14. The lowest BCUT2D eigenvalue weighted by molar-refractivity contribution is -0.124. The maximum Gasteiger partial charge on any atom is 0.137 e. The van der Waals surface area contributed by atoms with Gasteiger partial charge in [0.2, 0.25) is 0 Å². The highest BCUT2D eigenvalue weighted by Crippen LogP contribution is 2.32. The molecule has 1 fully saturated rings. The van der Waals surface area contributed by atoms with Gasteiger partial charge in [-0.1, -0.05) is 26.2 Å². The largest absolute Gasteiger partial charge is 0.328 e. The molecule has 82 valence electrons. The Labute approximate surface area is 87.2 Å². The van der Waals surface area contributed by atoms with E-state index in [1.165, 1.54) is 19.3 Å². The Bertz CT molecular complexity index is 189. The van der Waals surface area contributed by atoms with Crippen LogP contribution in [0.3, 0.4) is 0 Å². The Hall–Kier alpha value is -0.370. The second-order valence-electron chi connectivity index (χ2n) is 4.79. The van der Waals surface area contributed by atoms with Gasteiger partial charge in [0, 0.05) is 18.4 Å². The Balaban J connectivity index is 2.39. The molecule has 2 heteroatoms. The van der Waals surface area contributed by atoms with E-state index in [1.807, 2.05) is 6.92 Å². The van der Waals surface area contributed by atoms with Crippen molar-refractivity contribution in [3.05, 3.63) is 0 Å². The van der Waals surface area contributed by atoms with Crippen LogP contribution >= 0.6 is 0 Å². The molecule has 2 nitrogen and oxygen atoms in total. The summed E-state index contributed by atoms with van der Waals surface area (Å²) in [4.78, 5) is 11.8. The van der Waals surface area contributed by atoms with Crippen molar-refractivity contribution in [2.45, 2.75) is 58.4 Å². The van der Waals surface area contributed by atoms with E-state index < -0.39 is 0 Å². The summed E-state index contributed by atoms with van der Waals surface area (Å²) in [6.07, 6.45) is 6.56. The van der Waals surface area contributed by atoms with Crippen LogP contribution in [0.4, 0.5) is 0 Å². The van der Waals surface area contributed by atoms with Crippen LogP contribution in [0, 0.1) is 11.8 Å². The molecule has 1 rings (SSSR count). The molecule has 0 aliphatic heterocycles. The molecule has 0 radical (unpaired) electrons. The normalized spacial score (nSPS) is 29.9. The van der Waals surface area contributed by atoms with Crippen LogP contribution in [0.5, 0.6) is 0 Å². The summed E-state index contributed by atoms with van der Waals surface area (Å²) in [5, 5.41) is 0. The van der Waals surface area contributed by atoms with Crippen molar-refractivity contribution < 1.29 is 4.79 Å². The molecule has 1 saturated carbocycles. The first-order valence-corrected chi connectivity index (χ1v) is 5.91. The molecule has 3 unspecified atom stereocenters. The molecule has 0 saturated heterocycles. The first-order valence-electron chi connectivity index (χ1n) is 5.91. The number of carbonyl (C=O) groups is 1. The lowest BCUT2D eigenvalue weighted by Crippen LogP contribution is -2.28. The Morgan fingerprint density at radius 3 is 2.79 bits per heavy atom. The average Bonchev–Trinajstić information content (AvgIpc) is 2.17. The molecule has 1 aliphatic carbocycles. The molecule has 1 aliphatic rings. The van der Waals surface area contributed by atoms with E-state index >= 15 is 0 Å². The lowest BCUT2D eigenvalue weighted by atomic mass is 9.77. The van der Waals surface area contributed by atoms with Gasteiger partial charge >= 0.3 is 0 Å². The quantitative estimate of drug-likeness (QED) is 0.752. The van der Waals surface area contributed by atoms with Crippen molar-refractivity contribution in [2.24, 2.45) is 17.6 Å². The van der Waals surface area contributed by atoms with Gasteiger partial charge in [-0.3, -0.25) is 4.79 Å². The van der Waals surface area contributed by atoms with Crippen molar-refractivity contribution >= 4 is 5.78 Å². The zero-order valence-electron chi connectivity index (χ0n) is 9.46. The molecule has 0 heterocycles. The minimum absolute atomic E-state index is 0.0319. The van der Waals surface area contributed by atoms with Gasteiger partial charge in [-0.25, -0.2) is 0 Å². The summed E-state index contributed by atoms with van der Waals surface area (Å²) in [5.74, 6) is 1.50. The zero-order chi connectivity index (χ0) is 10.6. The number of carbonyl (C=O) groups excluding carboxylic acids is 1. The third-order valence-electron chi connectivity index (χ3n) is 3.34. The van der Waals surface area contributed by atoms with E-state index in [0.29, 0.717) is 18.1 Å². The van der Waals surface area contributed by atoms with Crippen LogP contribution in [0.25, 0.3) is 0 Å². The molecular formula is C12H23NO. The number of nitrogens with two attached hydrogens (primary N) is 1. The van der Waals surface area contributed by atoms with E-state index in [1.54, 1.807) is 0 Å². The van der Waals surface area contributed by atoms with Gasteiger partial charge < -0.3 is 5.73 Å². The van der Waals surface area contributed by atoms with Crippen molar-refractivity contribution in [3.63, 3.8) is 0 Å². The summed E-state index contributed by atoms with van der Waals surface area (Å²) >= 11 is 0. The van der Waals surface area contributed by atoms with Crippen molar-refractivity contribution in [2.75, 3.05) is 0 Å². The van der Waals surface area contributed by atoms with E-state index in [-0.39, 0.29) is 6.04 Å². The molecule has 2 N–H and O–H groups in total. The van der Waals surface area contributed by atoms with E-state index in [4.69, 9.17) is 5.73 Å². The summed E-state index contributed by atoms with van der Waals surface area (Å²) in [6, 6.07) is 0.0319. The molecular weight excluding hydrogens is 174 g/mol. The highest BCUT2D eigenvalue weighted by Gasteiger charge is 2.26. The molecule has 14 heavy (non-hydrogen) atoms. The van der Waals surface area contributed by atoms with E-state index in [0.717, 1.165) is 18.8 Å². The van der Waals surface area contributed by atoms with Gasteiger partial charge in [-0.2, -0.15) is 0 Å². The number of rotatable bonds is 4. The van der Waals surface area contributed by atoms with Gasteiger partial charge in [-0.15, -0.1) is 0 Å². The van der Waals surface area contributed by atoms with Gasteiger partial charge in [0.05, 0.1) is 0 Å². The van der Waals surface area contributed by atoms with Crippen LogP contribution < -0.4 is 5.73 Å². The second-order valence-corrected chi connectivity index (χ2v) is 4.79. The molecule has 0 amide bonds. The van der Waals surface area contributed by atoms with Crippen LogP contribution in [0.1, 0.15) is 52.4 Å². The van der Waals surface area contributed by atoms with Gasteiger partial charge in [0.25, 0.3) is 0 Å². The van der Waals surface area contributed by atoms with Gasteiger partial charge in [0.15, 0.2) is 0 Å². The zero-order valence-corrected chi connectivity index (χ0v) is 9.46. The first-order chi connectivity index (χ1) is 6.63. The molecule has 0 aromatic rings. The number of hydrogen-bond acceptors (Lipinski definition) is 2. The van der Waals surface area contributed by atoms with Gasteiger partial charge in [0.1, 0.15) is 5.78 Å². The minimum atomic E-state index is 0.0319. The Morgan fingerprint density at radius 2 is 2.21 bits per heavy atom. The molecule has 3 atom stereocenters. The van der Waals surface area contributed by atoms with Crippen molar-refractivity contribution in [1.29, 1.82) is 0 Å². The highest BCUT2D eigenvalue weighted by molar-refractivity contribution is 5.81. The molecule has 0 aromatic heterocycles. The fraction of sp³-hybridized carbons (Fsp3) is 0.917. The third kappa shape index (κ3) is 3.41. The predicted molar refractivity (Wildman–Crippen MR) is 59.0 cm³/mol. The fourth-order valence-electron chi connectivity index (χ4n) is 2.44. The monoisotopic (exact) mass is 197 g/mol. The van der Waals surface area contributed by atoms with Crippen molar-refractivity contribution in [3.8, 4) is 0 Å². The molecule has 0 spiro atoms. The minimum Gasteiger partial charge on any atom is -0.328 e. The highest BCUT2D eigenvalue weighted by atomic mass is 16.1. The van der Waals surface area contributed by atoms with Crippen LogP contribution in [0.15, 0.2) is 0 Å². The Morgan fingerprint density at radius 1 is 1.50 bits per heavy atom. The smallest absolute Gasteiger partial charge is 0.137 e. The SMILES string of the molecule is CCC1CCCC(C(=O)CC(C)N)C1. The number of hydrogen-bond donors (Lipinski definition) is 1. The van der Waals surface area contributed by atoms with Crippen LogP contribution in [-0.2, 0) is 4.79 Å². The maximum absolute atomic E-state index is 11.8. The average molecular weight is 197 g/mol. The molecule has 0 aromatic carbocycles. The number of ketones is 1. The van der Waals surface area contributed by atoms with E-state index in [2.05, 4.69) is 6.92 Å². The van der Waals surface area contributed by atoms with Gasteiger partial charge in [-0.05, 0) is 25.7 Å². The second kappa shape index (κ2) is 5.50. The lowest BCUT2D eigenvalue weighted by Gasteiger charge is -2.27. The van der Waals surface area contributed by atoms with Crippen LogP contribution in [-0.4, -0.2) is 11.8 Å². The maximum atomic E-state index is 11.8. The first kappa shape index (κ1) is 11.7. The van der Waals surface area contributed by atoms with Crippen molar-refractivity contribution in [1.82, 2.24) is 0 Å². The van der Waals surface area contributed by atoms with Crippen LogP contribution in [0.2, 0.25) is 0 Å². The fourth-order valence-corrected chi connectivity index (χ4v) is 2.44.